The minimum Gasteiger partial charge on any atom is -0.468 e. The van der Waals surface area contributed by atoms with Crippen LogP contribution in [0.25, 0.3) is 0 Å². The van der Waals surface area contributed by atoms with Crippen LogP contribution in [-0.4, -0.2) is 18.3 Å². The number of carbonyl (C=O) groups is 2. The largest absolute Gasteiger partial charge is 0.468 e. The van der Waals surface area contributed by atoms with Crippen molar-refractivity contribution < 1.29 is 14.3 Å². The Morgan fingerprint density at radius 1 is 1.42 bits per heavy atom. The zero-order valence-corrected chi connectivity index (χ0v) is 12.5. The van der Waals surface area contributed by atoms with E-state index in [0.717, 1.165) is 0 Å². The van der Waals surface area contributed by atoms with Crippen LogP contribution in [0.3, 0.4) is 0 Å². The first kappa shape index (κ1) is 17.3. The Labute approximate surface area is 119 Å². The zero-order chi connectivity index (χ0) is 15.1. The molecule has 1 aliphatic carbocycles. The van der Waals surface area contributed by atoms with Crippen molar-refractivity contribution in [1.82, 2.24) is 5.32 Å². The minimum atomic E-state index is -0.946. The molecule has 0 aliphatic heterocycles. The molecular formula is C13H20N2O3S. The Morgan fingerprint density at radius 2 is 2.00 bits per heavy atom. The molecule has 106 valence electrons. The number of hydrogen-bond acceptors (Lipinski definition) is 4. The van der Waals surface area contributed by atoms with Gasteiger partial charge in [-0.25, -0.2) is 0 Å². The highest BCUT2D eigenvalue weighted by Crippen LogP contribution is 2.26. The fourth-order valence-electron chi connectivity index (χ4n) is 1.47. The van der Waals surface area contributed by atoms with Crippen LogP contribution in [0.1, 0.15) is 20.8 Å². The van der Waals surface area contributed by atoms with Crippen LogP contribution in [-0.2, 0) is 9.53 Å². The molecule has 6 heteroatoms. The lowest BCUT2D eigenvalue weighted by Gasteiger charge is -2.18. The summed E-state index contributed by atoms with van der Waals surface area (Å²) in [7, 11) is 1.31. The topological polar surface area (TPSA) is 81.4 Å². The van der Waals surface area contributed by atoms with Crippen molar-refractivity contribution in [1.29, 1.82) is 0 Å². The van der Waals surface area contributed by atoms with Gasteiger partial charge in [-0.15, -0.1) is 0 Å². The highest BCUT2D eigenvalue weighted by molar-refractivity contribution is 7.96. The third-order valence-corrected chi connectivity index (χ3v) is 2.45. The van der Waals surface area contributed by atoms with E-state index in [-0.39, 0.29) is 5.70 Å². The Bertz CT molecular complexity index is 441. The van der Waals surface area contributed by atoms with Gasteiger partial charge in [0.15, 0.2) is 0 Å². The van der Waals surface area contributed by atoms with Crippen LogP contribution < -0.4 is 11.1 Å². The predicted molar refractivity (Wildman–Crippen MR) is 78.5 cm³/mol. The number of hydrogen-bond donors (Lipinski definition) is 3. The van der Waals surface area contributed by atoms with Gasteiger partial charge in [0.05, 0.1) is 18.5 Å². The van der Waals surface area contributed by atoms with Gasteiger partial charge in [-0.3, -0.25) is 9.59 Å². The maximum atomic E-state index is 11.6. The van der Waals surface area contributed by atoms with E-state index in [9.17, 15) is 9.59 Å². The summed E-state index contributed by atoms with van der Waals surface area (Å²) < 4.78 is 4.70. The van der Waals surface area contributed by atoms with Gasteiger partial charge in [-0.05, 0) is 19.1 Å². The van der Waals surface area contributed by atoms with Gasteiger partial charge in [0.1, 0.15) is 5.41 Å². The van der Waals surface area contributed by atoms with Crippen molar-refractivity contribution >= 4 is 23.8 Å². The summed E-state index contributed by atoms with van der Waals surface area (Å²) in [6.45, 7) is 5.67. The van der Waals surface area contributed by atoms with Gasteiger partial charge >= 0.3 is 5.97 Å². The van der Waals surface area contributed by atoms with Crippen LogP contribution in [0.2, 0.25) is 0 Å². The van der Waals surface area contributed by atoms with E-state index < -0.39 is 16.6 Å². The molecule has 0 heterocycles. The molecule has 0 saturated heterocycles. The van der Waals surface area contributed by atoms with E-state index in [0.29, 0.717) is 5.70 Å². The zero-order valence-electron chi connectivity index (χ0n) is 11.6. The second-order valence-electron chi connectivity index (χ2n) is 3.74. The summed E-state index contributed by atoms with van der Waals surface area (Å²) >= 11 is 3.60. The monoisotopic (exact) mass is 284 g/mol. The second-order valence-corrected chi connectivity index (χ2v) is 4.15. The van der Waals surface area contributed by atoms with E-state index in [1.54, 1.807) is 25.2 Å². The first-order valence-corrected chi connectivity index (χ1v) is 6.30. The van der Waals surface area contributed by atoms with Gasteiger partial charge in [-0.2, -0.15) is 0 Å². The molecule has 0 aromatic carbocycles. The Kier molecular flexibility index (Phi) is 7.00. The van der Waals surface area contributed by atoms with Gasteiger partial charge in [-0.1, -0.05) is 38.6 Å². The van der Waals surface area contributed by atoms with Crippen molar-refractivity contribution in [3.05, 3.63) is 35.7 Å². The number of esters is 1. The Hall–Kier alpha value is -1.69. The summed E-state index contributed by atoms with van der Waals surface area (Å²) in [5.41, 5.74) is 5.53. The van der Waals surface area contributed by atoms with Gasteiger partial charge in [0.25, 0.3) is 5.24 Å². The molecule has 0 radical (unpaired) electrons. The highest BCUT2D eigenvalue weighted by Gasteiger charge is 2.30. The van der Waals surface area contributed by atoms with Crippen LogP contribution >= 0.6 is 12.6 Å². The van der Waals surface area contributed by atoms with E-state index in [1.807, 2.05) is 13.8 Å². The van der Waals surface area contributed by atoms with Crippen molar-refractivity contribution in [2.45, 2.75) is 20.8 Å². The lowest BCUT2D eigenvalue weighted by Crippen LogP contribution is -2.27. The quantitative estimate of drug-likeness (QED) is 0.536. The summed E-state index contributed by atoms with van der Waals surface area (Å²) in [5.74, 6) is -0.427. The third kappa shape index (κ3) is 4.82. The number of methoxy groups -OCH3 is 1. The standard InChI is InChI=1S/C11H14N2O3S.C2H6/c1-11(9(14)16-2)5-3-4-8(7(12)6-11)13-10(15)17;1-2/h3-6H,12H2,1-2H3,(H2,13,15,17);1-2H3. The molecule has 0 spiro atoms. The van der Waals surface area contributed by atoms with Crippen molar-refractivity contribution in [2.75, 3.05) is 7.11 Å². The van der Waals surface area contributed by atoms with Crippen molar-refractivity contribution in [2.24, 2.45) is 11.1 Å². The summed E-state index contributed by atoms with van der Waals surface area (Å²) in [4.78, 5) is 22.5. The molecule has 1 aliphatic rings. The normalized spacial score (nSPS) is 21.1. The predicted octanol–water partition coefficient (Wildman–Crippen LogP) is 2.13. The fourth-order valence-corrected chi connectivity index (χ4v) is 1.59. The average molecular weight is 284 g/mol. The minimum absolute atomic E-state index is 0.283. The van der Waals surface area contributed by atoms with Gasteiger partial charge in [0, 0.05) is 0 Å². The number of allylic oxidation sites excluding steroid dienone is 2. The van der Waals surface area contributed by atoms with Crippen LogP contribution in [0.4, 0.5) is 4.79 Å². The maximum Gasteiger partial charge on any atom is 0.319 e. The molecule has 1 unspecified atom stereocenters. The molecule has 0 saturated carbocycles. The molecule has 0 aromatic heterocycles. The molecule has 1 amide bonds. The summed E-state index contributed by atoms with van der Waals surface area (Å²) in [5, 5.41) is 1.93. The van der Waals surface area contributed by atoms with Crippen molar-refractivity contribution in [3.8, 4) is 0 Å². The Balaban J connectivity index is 0.00000154. The Morgan fingerprint density at radius 3 is 2.47 bits per heavy atom. The first-order valence-electron chi connectivity index (χ1n) is 5.85. The molecule has 19 heavy (non-hydrogen) atoms. The maximum absolute atomic E-state index is 11.6. The first-order chi connectivity index (χ1) is 8.89. The molecule has 0 fully saturated rings. The van der Waals surface area contributed by atoms with Crippen molar-refractivity contribution in [3.63, 3.8) is 0 Å². The smallest absolute Gasteiger partial charge is 0.319 e. The number of nitrogens with one attached hydrogen (secondary N) is 1. The van der Waals surface area contributed by atoms with Crippen LogP contribution in [0.15, 0.2) is 35.7 Å². The number of thiol groups is 1. The number of ether oxygens (including phenoxy) is 1. The number of carbonyl (C=O) groups excluding carboxylic acids is 2. The van der Waals surface area contributed by atoms with E-state index in [4.69, 9.17) is 10.5 Å². The van der Waals surface area contributed by atoms with E-state index >= 15 is 0 Å². The number of nitrogens with two attached hydrogens (primary N) is 1. The van der Waals surface area contributed by atoms with E-state index in [1.165, 1.54) is 13.2 Å². The summed E-state index contributed by atoms with van der Waals surface area (Å²) in [6.07, 6.45) is 6.39. The lowest BCUT2D eigenvalue weighted by atomic mass is 9.89. The number of amides is 1. The molecule has 3 N–H and O–H groups in total. The highest BCUT2D eigenvalue weighted by atomic mass is 32.1. The fraction of sp³-hybridized carbons (Fsp3) is 0.385. The van der Waals surface area contributed by atoms with E-state index in [2.05, 4.69) is 17.9 Å². The third-order valence-electron chi connectivity index (χ3n) is 2.34. The van der Waals surface area contributed by atoms with Gasteiger partial charge in [0.2, 0.25) is 0 Å². The van der Waals surface area contributed by atoms with Crippen LogP contribution in [0.5, 0.6) is 0 Å². The SMILES string of the molecule is CC.COC(=O)C1(C)C=CC=C(NC(=O)S)C(N)=C1. The lowest BCUT2D eigenvalue weighted by molar-refractivity contribution is -0.146. The summed E-state index contributed by atoms with van der Waals surface area (Å²) in [6, 6.07) is 0. The number of rotatable bonds is 2. The molecular weight excluding hydrogens is 264 g/mol. The van der Waals surface area contributed by atoms with Crippen LogP contribution in [0, 0.1) is 5.41 Å². The molecule has 0 aromatic rings. The molecule has 0 bridgehead atoms. The average Bonchev–Trinajstić information content (AvgIpc) is 2.51. The molecule has 1 rings (SSSR count). The molecule has 5 nitrogen and oxygen atoms in total. The van der Waals surface area contributed by atoms with Gasteiger partial charge < -0.3 is 15.8 Å². The second kappa shape index (κ2) is 7.68. The molecule has 1 atom stereocenters.